The Balaban J connectivity index is 2.01. The van der Waals surface area contributed by atoms with Crippen LogP contribution in [0.4, 0.5) is 0 Å². The third-order valence-electron chi connectivity index (χ3n) is 6.02. The van der Waals surface area contributed by atoms with Crippen LogP contribution in [-0.2, 0) is 16.0 Å². The van der Waals surface area contributed by atoms with E-state index in [1.165, 1.54) is 9.58 Å². The van der Waals surface area contributed by atoms with Gasteiger partial charge in [0.25, 0.3) is 17.2 Å². The van der Waals surface area contributed by atoms with Crippen LogP contribution in [0.1, 0.15) is 42.7 Å². The number of nitrogens with one attached hydrogen (secondary N) is 1. The molecule has 2 amide bonds. The van der Waals surface area contributed by atoms with E-state index in [0.717, 1.165) is 11.1 Å². The summed E-state index contributed by atoms with van der Waals surface area (Å²) in [5.41, 5.74) is 3.06. The topological polar surface area (TPSA) is 79.1 Å². The Hall–Kier alpha value is -3.16. The van der Waals surface area contributed by atoms with E-state index in [0.29, 0.717) is 34.3 Å². The van der Waals surface area contributed by atoms with Crippen molar-refractivity contribution in [1.82, 2.24) is 14.7 Å². The maximum Gasteiger partial charge on any atom is 0.326 e. The number of H-pyrrole nitrogens is 1. The number of carbonyl (C=O) groups is 2. The molecule has 0 aliphatic carbocycles. The first-order chi connectivity index (χ1) is 16.2. The van der Waals surface area contributed by atoms with Crippen LogP contribution >= 0.6 is 23.2 Å². The van der Waals surface area contributed by atoms with Gasteiger partial charge >= 0.3 is 5.91 Å². The molecule has 0 unspecified atom stereocenters. The molecule has 0 bridgehead atoms. The zero-order valence-electron chi connectivity index (χ0n) is 19.4. The molecule has 0 saturated heterocycles. The monoisotopic (exact) mass is 499 g/mol. The minimum atomic E-state index is -0.473. The summed E-state index contributed by atoms with van der Waals surface area (Å²) in [5, 5.41) is 3.75. The summed E-state index contributed by atoms with van der Waals surface area (Å²) >= 11 is 12.2. The third kappa shape index (κ3) is 3.89. The molecule has 4 rings (SSSR count). The molecule has 0 spiro atoms. The largest absolute Gasteiger partial charge is 0.326 e. The molecular formula is C25H25Cl2N4O3+. The van der Waals surface area contributed by atoms with Crippen molar-refractivity contribution in [1.29, 1.82) is 0 Å². The molecule has 176 valence electrons. The molecule has 34 heavy (non-hydrogen) atoms. The van der Waals surface area contributed by atoms with Crippen LogP contribution in [0.5, 0.6) is 0 Å². The van der Waals surface area contributed by atoms with Gasteiger partial charge in [-0.3, -0.25) is 24.4 Å². The summed E-state index contributed by atoms with van der Waals surface area (Å²) in [6.07, 6.45) is 4.61. The number of nitrogens with zero attached hydrogens (tertiary/aromatic N) is 3. The Morgan fingerprint density at radius 1 is 0.971 bits per heavy atom. The molecule has 7 nitrogen and oxygen atoms in total. The predicted molar refractivity (Wildman–Crippen MR) is 132 cm³/mol. The van der Waals surface area contributed by atoms with Gasteiger partial charge in [0.2, 0.25) is 0 Å². The number of halogens is 2. The predicted octanol–water partition coefficient (Wildman–Crippen LogP) is 4.09. The summed E-state index contributed by atoms with van der Waals surface area (Å²) in [6, 6.07) is 6.71. The lowest BCUT2D eigenvalue weighted by Gasteiger charge is -2.11. The lowest BCUT2D eigenvalue weighted by Crippen LogP contribution is -2.40. The second-order valence-electron chi connectivity index (χ2n) is 8.26. The Kier molecular flexibility index (Phi) is 6.51. The van der Waals surface area contributed by atoms with Crippen LogP contribution in [-0.4, -0.2) is 33.0 Å². The molecule has 0 radical (unpaired) electrons. The van der Waals surface area contributed by atoms with Crippen molar-refractivity contribution in [2.75, 3.05) is 6.54 Å². The summed E-state index contributed by atoms with van der Waals surface area (Å²) in [4.78, 5) is 41.9. The number of imide groups is 1. The smallest absolute Gasteiger partial charge is 0.294 e. The number of aryl methyl sites for hydroxylation is 3. The fourth-order valence-electron chi connectivity index (χ4n) is 4.07. The number of amides is 2. The number of hydrogen-bond donors (Lipinski definition) is 1. The average molecular weight is 500 g/mol. The van der Waals surface area contributed by atoms with Gasteiger partial charge in [-0.2, -0.15) is 4.57 Å². The summed E-state index contributed by atoms with van der Waals surface area (Å²) in [7, 11) is 0. The number of aromatic nitrogens is 3. The molecule has 2 aromatic heterocycles. The van der Waals surface area contributed by atoms with E-state index in [4.69, 9.17) is 23.2 Å². The minimum absolute atomic E-state index is 0.101. The van der Waals surface area contributed by atoms with E-state index in [1.807, 2.05) is 33.8 Å². The number of aromatic amines is 1. The van der Waals surface area contributed by atoms with Gasteiger partial charge in [0, 0.05) is 23.9 Å². The van der Waals surface area contributed by atoms with Gasteiger partial charge in [-0.05, 0) is 50.5 Å². The fourth-order valence-corrected chi connectivity index (χ4v) is 4.37. The highest BCUT2D eigenvalue weighted by Gasteiger charge is 2.47. The number of hydrogen-bond acceptors (Lipinski definition) is 3. The van der Waals surface area contributed by atoms with Crippen LogP contribution in [0.25, 0.3) is 17.0 Å². The van der Waals surface area contributed by atoms with Crippen molar-refractivity contribution < 1.29 is 14.2 Å². The van der Waals surface area contributed by atoms with Gasteiger partial charge in [0.1, 0.15) is 5.57 Å². The summed E-state index contributed by atoms with van der Waals surface area (Å²) in [6.45, 7) is 7.94. The van der Waals surface area contributed by atoms with Crippen molar-refractivity contribution in [3.8, 4) is 5.69 Å². The zero-order valence-corrected chi connectivity index (χ0v) is 20.9. The van der Waals surface area contributed by atoms with Gasteiger partial charge in [-0.25, -0.2) is 4.68 Å². The van der Waals surface area contributed by atoms with Gasteiger partial charge in [-0.1, -0.05) is 37.0 Å². The standard InChI is InChI=1S/C25H24Cl2N4O3/c1-5-10-30-23(32)21(22(25(30)34)29-11-9-14(3)15(4)13-29)20-19(6-2)28-31(24(20)33)16-7-8-17(26)18(27)12-16/h7-9,11-13H,5-6,10H2,1-4H3/p+1. The number of pyridine rings is 1. The first-order valence-electron chi connectivity index (χ1n) is 11.1. The first kappa shape index (κ1) is 24.0. The molecule has 1 N–H and O–H groups in total. The zero-order chi connectivity index (χ0) is 24.7. The SMILES string of the molecule is CCCN1C(=O)C(c2c(CC)[nH]n(-c3ccc(Cl)c(Cl)c3)c2=O)=C([n+]2ccc(C)c(C)c2)C1=O. The normalized spacial score (nSPS) is 14.0. The molecule has 0 fully saturated rings. The molecule has 1 aliphatic rings. The molecular weight excluding hydrogens is 475 g/mol. The Morgan fingerprint density at radius 2 is 1.71 bits per heavy atom. The van der Waals surface area contributed by atoms with Crippen molar-refractivity contribution in [2.45, 2.75) is 40.5 Å². The van der Waals surface area contributed by atoms with Crippen molar-refractivity contribution in [3.05, 3.63) is 79.4 Å². The van der Waals surface area contributed by atoms with Gasteiger partial charge in [-0.15, -0.1) is 0 Å². The lowest BCUT2D eigenvalue weighted by molar-refractivity contribution is -0.577. The third-order valence-corrected chi connectivity index (χ3v) is 6.76. The highest BCUT2D eigenvalue weighted by Crippen LogP contribution is 2.31. The highest BCUT2D eigenvalue weighted by atomic mass is 35.5. The molecule has 3 aromatic rings. The number of carbonyl (C=O) groups excluding carboxylic acids is 2. The molecule has 0 atom stereocenters. The van der Waals surface area contributed by atoms with Crippen LogP contribution in [0, 0.1) is 13.8 Å². The van der Waals surface area contributed by atoms with E-state index >= 15 is 0 Å². The molecule has 3 heterocycles. The number of rotatable bonds is 6. The van der Waals surface area contributed by atoms with Gasteiger partial charge in [0.15, 0.2) is 12.4 Å². The van der Waals surface area contributed by atoms with Crippen LogP contribution in [0.15, 0.2) is 41.5 Å². The second-order valence-corrected chi connectivity index (χ2v) is 9.08. The maximum absolute atomic E-state index is 13.7. The van der Waals surface area contributed by atoms with E-state index in [1.54, 1.807) is 35.2 Å². The second kappa shape index (κ2) is 9.24. The van der Waals surface area contributed by atoms with E-state index in [-0.39, 0.29) is 23.4 Å². The highest BCUT2D eigenvalue weighted by molar-refractivity contribution is 6.44. The average Bonchev–Trinajstić information content (AvgIpc) is 3.26. The first-order valence-corrected chi connectivity index (χ1v) is 11.8. The van der Waals surface area contributed by atoms with E-state index < -0.39 is 17.4 Å². The fraction of sp³-hybridized carbons (Fsp3) is 0.280. The van der Waals surface area contributed by atoms with Crippen molar-refractivity contribution in [2.24, 2.45) is 0 Å². The molecule has 1 aromatic carbocycles. The van der Waals surface area contributed by atoms with E-state index in [2.05, 4.69) is 5.10 Å². The molecule has 1 aliphatic heterocycles. The minimum Gasteiger partial charge on any atom is -0.294 e. The Bertz CT molecular complexity index is 1420. The Morgan fingerprint density at radius 3 is 2.32 bits per heavy atom. The van der Waals surface area contributed by atoms with Crippen molar-refractivity contribution in [3.63, 3.8) is 0 Å². The van der Waals surface area contributed by atoms with Crippen LogP contribution < -0.4 is 10.1 Å². The maximum atomic E-state index is 13.7. The van der Waals surface area contributed by atoms with Gasteiger partial charge < -0.3 is 0 Å². The van der Waals surface area contributed by atoms with E-state index in [9.17, 15) is 14.4 Å². The molecule has 9 heteroatoms. The summed E-state index contributed by atoms with van der Waals surface area (Å²) < 4.78 is 2.97. The van der Waals surface area contributed by atoms with Crippen LogP contribution in [0.2, 0.25) is 10.0 Å². The van der Waals surface area contributed by atoms with Crippen molar-refractivity contribution >= 4 is 46.3 Å². The van der Waals surface area contributed by atoms with Gasteiger partial charge in [0.05, 0.1) is 21.3 Å². The number of benzene rings is 1. The summed E-state index contributed by atoms with van der Waals surface area (Å²) in [5.74, 6) is -0.890. The molecule has 0 saturated carbocycles. The Labute approximate surface area is 207 Å². The quantitative estimate of drug-likeness (QED) is 0.409. The lowest BCUT2D eigenvalue weighted by atomic mass is 10.0. The van der Waals surface area contributed by atoms with Crippen LogP contribution in [0.3, 0.4) is 0 Å².